The van der Waals surface area contributed by atoms with E-state index < -0.39 is 16.8 Å². The quantitative estimate of drug-likeness (QED) is 0.761. The molecule has 0 atom stereocenters. The van der Waals surface area contributed by atoms with Gasteiger partial charge in [-0.05, 0) is 19.3 Å². The van der Waals surface area contributed by atoms with E-state index in [1.807, 2.05) is 6.92 Å². The fourth-order valence-electron chi connectivity index (χ4n) is 1.89. The topological polar surface area (TPSA) is 86.7 Å². The number of carboxylic acid groups (broad SMARTS) is 1. The molecule has 1 rings (SSSR count). The van der Waals surface area contributed by atoms with Crippen molar-refractivity contribution < 1.29 is 18.9 Å². The second kappa shape index (κ2) is 7.35. The summed E-state index contributed by atoms with van der Waals surface area (Å²) in [6.45, 7) is 2.04. The Morgan fingerprint density at radius 2 is 2.00 bits per heavy atom. The highest BCUT2D eigenvalue weighted by atomic mass is 32.2. The van der Waals surface area contributed by atoms with Crippen LogP contribution in [0.5, 0.6) is 0 Å². The minimum absolute atomic E-state index is 0.0170. The van der Waals surface area contributed by atoms with Crippen molar-refractivity contribution in [2.45, 2.75) is 32.2 Å². The number of hydrogen-bond donors (Lipinski definition) is 2. The first kappa shape index (κ1) is 14.9. The van der Waals surface area contributed by atoms with Crippen molar-refractivity contribution >= 4 is 22.8 Å². The lowest BCUT2D eigenvalue weighted by atomic mass is 10.1. The van der Waals surface area contributed by atoms with E-state index in [0.717, 1.165) is 6.42 Å². The highest BCUT2D eigenvalue weighted by Crippen LogP contribution is 2.09. The number of carboxylic acids is 1. The molecule has 0 saturated carbocycles. The molecule has 104 valence electrons. The summed E-state index contributed by atoms with van der Waals surface area (Å²) in [6.07, 6.45) is 2.12. The van der Waals surface area contributed by atoms with E-state index in [1.165, 1.54) is 4.90 Å². The monoisotopic (exact) mass is 276 g/mol. The standard InChI is InChI=1S/C11H20N2O4S/c1-2-5-13(8-10(14)15)11(16)12-9-3-6-18(17)7-4-9/h9H,2-8H2,1H3,(H,12,16)(H,14,15). The Labute approximate surface area is 109 Å². The van der Waals surface area contributed by atoms with Gasteiger partial charge in [0, 0.05) is 34.9 Å². The SMILES string of the molecule is CCCN(CC(=O)O)C(=O)NC1CCS(=O)CC1. The van der Waals surface area contributed by atoms with Crippen LogP contribution >= 0.6 is 0 Å². The highest BCUT2D eigenvalue weighted by molar-refractivity contribution is 7.85. The number of hydrogen-bond acceptors (Lipinski definition) is 3. The Bertz CT molecular complexity index is 325. The molecule has 0 spiro atoms. The van der Waals surface area contributed by atoms with E-state index in [2.05, 4.69) is 5.32 Å². The van der Waals surface area contributed by atoms with Gasteiger partial charge < -0.3 is 15.3 Å². The maximum Gasteiger partial charge on any atom is 0.323 e. The third-order valence-corrected chi connectivity index (χ3v) is 4.20. The Hall–Kier alpha value is -1.11. The van der Waals surface area contributed by atoms with Crippen molar-refractivity contribution in [3.05, 3.63) is 0 Å². The molecule has 18 heavy (non-hydrogen) atoms. The van der Waals surface area contributed by atoms with E-state index in [1.54, 1.807) is 0 Å². The van der Waals surface area contributed by atoms with E-state index >= 15 is 0 Å². The lowest BCUT2D eigenvalue weighted by Crippen LogP contribution is -2.48. The van der Waals surface area contributed by atoms with Crippen LogP contribution < -0.4 is 5.32 Å². The minimum Gasteiger partial charge on any atom is -0.480 e. The fraction of sp³-hybridized carbons (Fsp3) is 0.818. The van der Waals surface area contributed by atoms with Gasteiger partial charge >= 0.3 is 12.0 Å². The van der Waals surface area contributed by atoms with Crippen molar-refractivity contribution in [3.63, 3.8) is 0 Å². The molecule has 1 aliphatic rings. The normalized spacial score (nSPS) is 23.4. The van der Waals surface area contributed by atoms with Crippen LogP contribution in [0.25, 0.3) is 0 Å². The van der Waals surface area contributed by atoms with Gasteiger partial charge in [-0.1, -0.05) is 6.92 Å². The average Bonchev–Trinajstić information content (AvgIpc) is 2.31. The van der Waals surface area contributed by atoms with Gasteiger partial charge in [0.25, 0.3) is 0 Å². The second-order valence-corrected chi connectivity index (χ2v) is 6.08. The minimum atomic E-state index is -1.01. The zero-order valence-electron chi connectivity index (χ0n) is 10.6. The number of rotatable bonds is 5. The van der Waals surface area contributed by atoms with E-state index in [9.17, 15) is 13.8 Å². The molecule has 0 unspecified atom stereocenters. The molecular formula is C11H20N2O4S. The van der Waals surface area contributed by atoms with Crippen LogP contribution in [0.3, 0.4) is 0 Å². The summed E-state index contributed by atoms with van der Waals surface area (Å²) in [7, 11) is -0.758. The van der Waals surface area contributed by atoms with Crippen LogP contribution in [-0.4, -0.2) is 56.9 Å². The number of amides is 2. The van der Waals surface area contributed by atoms with E-state index in [-0.39, 0.29) is 18.6 Å². The third kappa shape index (κ3) is 5.03. The average molecular weight is 276 g/mol. The largest absolute Gasteiger partial charge is 0.480 e. The smallest absolute Gasteiger partial charge is 0.323 e. The van der Waals surface area contributed by atoms with Gasteiger partial charge in [-0.3, -0.25) is 9.00 Å². The van der Waals surface area contributed by atoms with Gasteiger partial charge in [0.1, 0.15) is 6.54 Å². The number of urea groups is 1. The van der Waals surface area contributed by atoms with Crippen LogP contribution in [0.4, 0.5) is 4.79 Å². The Balaban J connectivity index is 2.45. The molecule has 2 amide bonds. The number of nitrogens with one attached hydrogen (secondary N) is 1. The molecule has 1 fully saturated rings. The summed E-state index contributed by atoms with van der Waals surface area (Å²) in [5.41, 5.74) is 0. The van der Waals surface area contributed by atoms with E-state index in [4.69, 9.17) is 5.11 Å². The number of carbonyl (C=O) groups is 2. The molecule has 1 saturated heterocycles. The molecule has 0 bridgehead atoms. The first-order valence-electron chi connectivity index (χ1n) is 6.15. The molecule has 0 aliphatic carbocycles. The predicted molar refractivity (Wildman–Crippen MR) is 68.9 cm³/mol. The molecule has 7 heteroatoms. The number of nitrogens with zero attached hydrogens (tertiary/aromatic N) is 1. The summed E-state index contributed by atoms with van der Waals surface area (Å²) >= 11 is 0. The first-order chi connectivity index (χ1) is 8.52. The molecule has 6 nitrogen and oxygen atoms in total. The van der Waals surface area contributed by atoms with Gasteiger partial charge in [0.2, 0.25) is 0 Å². The fourth-order valence-corrected chi connectivity index (χ4v) is 3.19. The number of aliphatic carboxylic acids is 1. The summed E-state index contributed by atoms with van der Waals surface area (Å²) in [5, 5.41) is 11.6. The summed E-state index contributed by atoms with van der Waals surface area (Å²) in [5.74, 6) is 0.207. The molecule has 0 aromatic heterocycles. The van der Waals surface area contributed by atoms with Gasteiger partial charge in [0.15, 0.2) is 0 Å². The zero-order valence-corrected chi connectivity index (χ0v) is 11.4. The van der Waals surface area contributed by atoms with E-state index in [0.29, 0.717) is 30.9 Å². The maximum atomic E-state index is 11.9. The molecule has 2 N–H and O–H groups in total. The Morgan fingerprint density at radius 3 is 2.50 bits per heavy atom. The van der Waals surface area contributed by atoms with Crippen LogP contribution in [0.15, 0.2) is 0 Å². The summed E-state index contributed by atoms with van der Waals surface area (Å²) in [6, 6.07) is -0.319. The summed E-state index contributed by atoms with van der Waals surface area (Å²) < 4.78 is 11.2. The van der Waals surface area contributed by atoms with Crippen LogP contribution in [0, 0.1) is 0 Å². The lowest BCUT2D eigenvalue weighted by molar-refractivity contribution is -0.137. The van der Waals surface area contributed by atoms with Crippen molar-refractivity contribution in [2.75, 3.05) is 24.6 Å². The molecular weight excluding hydrogens is 256 g/mol. The van der Waals surface area contributed by atoms with Crippen molar-refractivity contribution in [3.8, 4) is 0 Å². The van der Waals surface area contributed by atoms with Gasteiger partial charge in [0.05, 0.1) is 0 Å². The maximum absolute atomic E-state index is 11.9. The highest BCUT2D eigenvalue weighted by Gasteiger charge is 2.22. The third-order valence-electron chi connectivity index (χ3n) is 2.82. The molecule has 0 radical (unpaired) electrons. The van der Waals surface area contributed by atoms with Crippen molar-refractivity contribution in [1.82, 2.24) is 10.2 Å². The predicted octanol–water partition coefficient (Wildman–Crippen LogP) is 0.404. The second-order valence-electron chi connectivity index (χ2n) is 4.39. The molecule has 1 aliphatic heterocycles. The van der Waals surface area contributed by atoms with Crippen molar-refractivity contribution in [2.24, 2.45) is 0 Å². The summed E-state index contributed by atoms with van der Waals surface area (Å²) in [4.78, 5) is 23.9. The Kier molecular flexibility index (Phi) is 6.11. The molecule has 0 aromatic carbocycles. The van der Waals surface area contributed by atoms with Crippen molar-refractivity contribution in [1.29, 1.82) is 0 Å². The Morgan fingerprint density at radius 1 is 1.39 bits per heavy atom. The first-order valence-corrected chi connectivity index (χ1v) is 7.64. The molecule has 1 heterocycles. The molecule has 0 aromatic rings. The van der Waals surface area contributed by atoms with Crippen LogP contribution in [0.2, 0.25) is 0 Å². The van der Waals surface area contributed by atoms with Gasteiger partial charge in [-0.2, -0.15) is 0 Å². The van der Waals surface area contributed by atoms with Gasteiger partial charge in [-0.15, -0.1) is 0 Å². The zero-order chi connectivity index (χ0) is 13.5. The van der Waals surface area contributed by atoms with Gasteiger partial charge in [-0.25, -0.2) is 4.79 Å². The van der Waals surface area contributed by atoms with Crippen LogP contribution in [-0.2, 0) is 15.6 Å². The number of carbonyl (C=O) groups excluding carboxylic acids is 1. The van der Waals surface area contributed by atoms with Crippen LogP contribution in [0.1, 0.15) is 26.2 Å². The lowest BCUT2D eigenvalue weighted by Gasteiger charge is -2.27.